The summed E-state index contributed by atoms with van der Waals surface area (Å²) in [6, 6.07) is 9.37. The molecule has 51 heavy (non-hydrogen) atoms. The minimum atomic E-state index is -1.45. The summed E-state index contributed by atoms with van der Waals surface area (Å²) in [5, 5.41) is 0. The Balaban J connectivity index is 1.70. The van der Waals surface area contributed by atoms with Crippen LogP contribution >= 0.6 is 10.0 Å². The molecule has 1 aromatic carbocycles. The van der Waals surface area contributed by atoms with Crippen LogP contribution in [0.5, 0.6) is 0 Å². The monoisotopic (exact) mass is 724 g/mol. The van der Waals surface area contributed by atoms with E-state index < -0.39 is 10.0 Å². The van der Waals surface area contributed by atoms with Crippen molar-refractivity contribution in [2.45, 2.75) is 135 Å². The van der Waals surface area contributed by atoms with Crippen LogP contribution in [0.2, 0.25) is 0 Å². The topological polar surface area (TPSA) is 78.9 Å². The first-order valence-electron chi connectivity index (χ1n) is 19.8. The number of ether oxygens (including phenoxy) is 3. The number of carbonyl (C=O) groups is 3. The number of hydrogen-bond acceptors (Lipinski definition) is 6. The summed E-state index contributed by atoms with van der Waals surface area (Å²) in [5.41, 5.74) is 2.61. The number of esters is 3. The number of benzene rings is 1. The van der Waals surface area contributed by atoms with Gasteiger partial charge in [-0.2, -0.15) is 0 Å². The fourth-order valence-electron chi connectivity index (χ4n) is 8.11. The molecule has 0 atom stereocenters. The van der Waals surface area contributed by atoms with Gasteiger partial charge in [0.05, 0.1) is 19.8 Å². The molecule has 3 rings (SSSR count). The summed E-state index contributed by atoms with van der Waals surface area (Å²) < 4.78 is 16.5. The minimum Gasteiger partial charge on any atom is -0.462 e. The Morgan fingerprint density at radius 1 is 0.608 bits per heavy atom. The zero-order valence-corrected chi connectivity index (χ0v) is 33.3. The van der Waals surface area contributed by atoms with Gasteiger partial charge in [-0.1, -0.05) is 77.3 Å². The van der Waals surface area contributed by atoms with E-state index in [2.05, 4.69) is 50.9 Å². The lowest BCUT2D eigenvalue weighted by molar-refractivity contribution is -0.139. The molecular weight excluding hydrogens is 657 g/mol. The molecule has 0 spiro atoms. The molecule has 2 saturated carbocycles. The maximum atomic E-state index is 12.1. The van der Waals surface area contributed by atoms with Gasteiger partial charge < -0.3 is 14.2 Å². The quantitative estimate of drug-likeness (QED) is 0.0513. The van der Waals surface area contributed by atoms with Crippen molar-refractivity contribution in [2.75, 3.05) is 37.1 Å². The maximum absolute atomic E-state index is 12.1. The van der Waals surface area contributed by atoms with Crippen LogP contribution < -0.4 is 0 Å². The zero-order valence-electron chi connectivity index (χ0n) is 32.4. The van der Waals surface area contributed by atoms with Gasteiger partial charge >= 0.3 is 17.9 Å². The lowest BCUT2D eigenvalue weighted by Gasteiger charge is -2.41. The normalized spacial score (nSPS) is 20.9. The van der Waals surface area contributed by atoms with Crippen LogP contribution in [-0.4, -0.2) is 55.0 Å². The Labute approximate surface area is 311 Å². The molecule has 286 valence electrons. The first kappa shape index (κ1) is 42.6. The van der Waals surface area contributed by atoms with Crippen LogP contribution in [0.15, 0.2) is 65.6 Å². The first-order chi connectivity index (χ1) is 24.5. The maximum Gasteiger partial charge on any atom is 0.333 e. The predicted molar refractivity (Wildman–Crippen MR) is 212 cm³/mol. The second-order valence-corrected chi connectivity index (χ2v) is 19.2. The second-order valence-electron chi connectivity index (χ2n) is 15.4. The lowest BCUT2D eigenvalue weighted by Crippen LogP contribution is -2.25. The molecule has 0 unspecified atom stereocenters. The van der Waals surface area contributed by atoms with Crippen molar-refractivity contribution < 1.29 is 28.6 Å². The molecular formula is C44H68O6S. The summed E-state index contributed by atoms with van der Waals surface area (Å²) in [7, 11) is -1.45. The Morgan fingerprint density at radius 3 is 1.41 bits per heavy atom. The van der Waals surface area contributed by atoms with Gasteiger partial charge in [0.2, 0.25) is 0 Å². The number of rotatable bonds is 22. The van der Waals surface area contributed by atoms with Crippen molar-refractivity contribution in [3.63, 3.8) is 0 Å². The van der Waals surface area contributed by atoms with Crippen molar-refractivity contribution >= 4 is 27.9 Å². The van der Waals surface area contributed by atoms with Crippen LogP contribution in [0, 0.1) is 17.8 Å². The molecule has 0 heterocycles. The third kappa shape index (κ3) is 14.3. The molecule has 0 aliphatic heterocycles. The van der Waals surface area contributed by atoms with Crippen molar-refractivity contribution in [1.82, 2.24) is 0 Å². The van der Waals surface area contributed by atoms with E-state index in [4.69, 9.17) is 14.2 Å². The van der Waals surface area contributed by atoms with Gasteiger partial charge in [0.25, 0.3) is 0 Å². The van der Waals surface area contributed by atoms with Gasteiger partial charge in [-0.15, -0.1) is 0 Å². The van der Waals surface area contributed by atoms with Crippen molar-refractivity contribution in [3.05, 3.63) is 66.3 Å². The van der Waals surface area contributed by atoms with Gasteiger partial charge in [0, 0.05) is 16.7 Å². The van der Waals surface area contributed by atoms with E-state index in [0.717, 1.165) is 35.0 Å². The first-order valence-corrected chi connectivity index (χ1v) is 21.9. The highest BCUT2D eigenvalue weighted by molar-refractivity contribution is 8.33. The highest BCUT2D eigenvalue weighted by Gasteiger charge is 2.32. The smallest absolute Gasteiger partial charge is 0.333 e. The van der Waals surface area contributed by atoms with E-state index in [0.29, 0.717) is 61.7 Å². The Morgan fingerprint density at radius 2 is 1.02 bits per heavy atom. The highest BCUT2D eigenvalue weighted by Crippen LogP contribution is 2.57. The molecule has 0 radical (unpaired) electrons. The molecule has 0 aromatic heterocycles. The molecule has 6 nitrogen and oxygen atoms in total. The zero-order chi connectivity index (χ0) is 37.2. The van der Waals surface area contributed by atoms with E-state index in [9.17, 15) is 14.4 Å². The molecule has 0 N–H and O–H groups in total. The lowest BCUT2D eigenvalue weighted by atomic mass is 9.68. The van der Waals surface area contributed by atoms with Gasteiger partial charge in [-0.25, -0.2) is 24.4 Å². The fraction of sp³-hybridized carbons (Fsp3) is 0.659. The summed E-state index contributed by atoms with van der Waals surface area (Å²) >= 11 is 0. The molecule has 7 heteroatoms. The van der Waals surface area contributed by atoms with Crippen LogP contribution in [0.3, 0.4) is 0 Å². The molecule has 0 saturated heterocycles. The van der Waals surface area contributed by atoms with E-state index in [1.54, 1.807) is 20.8 Å². The summed E-state index contributed by atoms with van der Waals surface area (Å²) in [5.74, 6) is 4.84. The van der Waals surface area contributed by atoms with Gasteiger partial charge in [-0.3, -0.25) is 0 Å². The molecule has 0 bridgehead atoms. The van der Waals surface area contributed by atoms with Gasteiger partial charge in [0.1, 0.15) is 0 Å². The number of unbranched alkanes of at least 4 members (excludes halogenated alkanes) is 2. The van der Waals surface area contributed by atoms with Crippen molar-refractivity contribution in [3.8, 4) is 0 Å². The number of carbonyl (C=O) groups excluding carboxylic acids is 3. The predicted octanol–water partition coefficient (Wildman–Crippen LogP) is 11.0. The second kappa shape index (κ2) is 22.3. The Kier molecular flexibility index (Phi) is 18.6. The Hall–Kier alpha value is -2.80. The van der Waals surface area contributed by atoms with Crippen LogP contribution in [0.4, 0.5) is 0 Å². The van der Waals surface area contributed by atoms with E-state index >= 15 is 0 Å². The van der Waals surface area contributed by atoms with Crippen molar-refractivity contribution in [2.24, 2.45) is 17.8 Å². The third-order valence-electron chi connectivity index (χ3n) is 11.2. The van der Waals surface area contributed by atoms with Crippen LogP contribution in [0.1, 0.15) is 135 Å². The average Bonchev–Trinajstić information content (AvgIpc) is 3.13. The standard InChI is InChI=1S/C44H68O6S/c1-8-9-10-14-36-15-17-37(18-16-36)38-19-21-39(22-20-38)40-23-25-41(26-24-40)51(30-11-27-48-42(45)33(2)3,31-12-28-49-43(46)34(4)5)32-13-29-50-44(47)35(6)7/h23-26,36-39H,2,4,6,8-22,27-32H2,1,3,5,7H3. The minimum absolute atomic E-state index is 0.317. The largest absolute Gasteiger partial charge is 0.462 e. The summed E-state index contributed by atoms with van der Waals surface area (Å²) in [6.07, 6.45) is 18.7. The molecule has 1 aromatic rings. The fourth-order valence-corrected chi connectivity index (χ4v) is 12.2. The summed E-state index contributed by atoms with van der Waals surface area (Å²) in [6.45, 7) is 19.3. The highest BCUT2D eigenvalue weighted by atomic mass is 32.3. The van der Waals surface area contributed by atoms with E-state index in [-0.39, 0.29) is 17.9 Å². The Bertz CT molecular complexity index is 1200. The van der Waals surface area contributed by atoms with E-state index in [1.165, 1.54) is 87.5 Å². The van der Waals surface area contributed by atoms with Gasteiger partial charge in [-0.05, 0) is 142 Å². The SMILES string of the molecule is C=C(C)C(=O)OCCCS(CCCOC(=O)C(=C)C)(CCCOC(=O)C(=C)C)c1ccc(C2CCC(C3CCC(CCCCC)CC3)CC2)cc1. The third-order valence-corrected chi connectivity index (χ3v) is 15.7. The average molecular weight is 725 g/mol. The molecule has 0 amide bonds. The van der Waals surface area contributed by atoms with Crippen LogP contribution in [-0.2, 0) is 28.6 Å². The molecule has 2 fully saturated rings. The number of hydrogen-bond donors (Lipinski definition) is 0. The van der Waals surface area contributed by atoms with Crippen molar-refractivity contribution in [1.29, 1.82) is 0 Å². The summed E-state index contributed by atoms with van der Waals surface area (Å²) in [4.78, 5) is 37.7. The molecule has 2 aliphatic carbocycles. The molecule has 2 aliphatic rings. The van der Waals surface area contributed by atoms with Crippen LogP contribution in [0.25, 0.3) is 0 Å². The van der Waals surface area contributed by atoms with Gasteiger partial charge in [0.15, 0.2) is 0 Å². The van der Waals surface area contributed by atoms with E-state index in [1.807, 2.05) is 0 Å².